The van der Waals surface area contributed by atoms with Crippen molar-refractivity contribution < 1.29 is 13.0 Å². The Bertz CT molecular complexity index is 284. The molecule has 1 N–H and O–H groups in total. The van der Waals surface area contributed by atoms with Crippen LogP contribution in [-0.2, 0) is 10.1 Å². The van der Waals surface area contributed by atoms with Crippen molar-refractivity contribution in [2.24, 2.45) is 0 Å². The van der Waals surface area contributed by atoms with Gasteiger partial charge in [-0.15, -0.1) is 0 Å². The highest BCUT2D eigenvalue weighted by molar-refractivity contribution is 7.90. The second kappa shape index (κ2) is 7.76. The van der Waals surface area contributed by atoms with Gasteiger partial charge in [-0.2, -0.15) is 8.42 Å². The van der Waals surface area contributed by atoms with Crippen molar-refractivity contribution >= 4 is 10.1 Å². The average molecular weight is 204 g/mol. The van der Waals surface area contributed by atoms with Crippen molar-refractivity contribution in [3.05, 3.63) is 35.8 Å². The van der Waals surface area contributed by atoms with E-state index >= 15 is 0 Å². The fraction of sp³-hybridized carbons (Fsp3) is 0.333. The molecule has 0 aromatic heterocycles. The first kappa shape index (κ1) is 14.6. The molecule has 0 aromatic rings. The maximum absolute atomic E-state index is 10.5. The smallest absolute Gasteiger partial charge is 0.282 e. The van der Waals surface area contributed by atoms with Crippen molar-refractivity contribution in [1.82, 2.24) is 0 Å². The monoisotopic (exact) mass is 204 g/mol. The molecule has 0 saturated heterocycles. The van der Waals surface area contributed by atoms with Gasteiger partial charge in [0, 0.05) is 0 Å². The zero-order valence-electron chi connectivity index (χ0n) is 8.19. The van der Waals surface area contributed by atoms with Gasteiger partial charge in [0.2, 0.25) is 0 Å². The summed E-state index contributed by atoms with van der Waals surface area (Å²) in [7, 11) is -4.09. The van der Waals surface area contributed by atoms with Gasteiger partial charge in [-0.3, -0.25) is 4.55 Å². The van der Waals surface area contributed by atoms with E-state index < -0.39 is 10.1 Å². The second-order valence-corrected chi connectivity index (χ2v) is 3.20. The minimum Gasteiger partial charge on any atom is -0.282 e. The minimum absolute atomic E-state index is 0.157. The Balaban J connectivity index is 0. The molecule has 0 aliphatic rings. The zero-order chi connectivity index (χ0) is 10.9. The summed E-state index contributed by atoms with van der Waals surface area (Å²) < 4.78 is 29.5. The molecule has 0 spiro atoms. The molecule has 0 aromatic carbocycles. The number of allylic oxidation sites excluding steroid dienone is 4. The zero-order valence-corrected chi connectivity index (χ0v) is 9.00. The fourth-order valence-corrected chi connectivity index (χ4v) is 1.08. The predicted molar refractivity (Wildman–Crippen MR) is 56.0 cm³/mol. The molecular weight excluding hydrogens is 188 g/mol. The van der Waals surface area contributed by atoms with Gasteiger partial charge in [0.05, 0.1) is 4.91 Å². The van der Waals surface area contributed by atoms with Crippen LogP contribution in [0.1, 0.15) is 20.8 Å². The van der Waals surface area contributed by atoms with E-state index in [-0.39, 0.29) is 4.91 Å². The van der Waals surface area contributed by atoms with Crippen molar-refractivity contribution in [2.75, 3.05) is 0 Å². The van der Waals surface area contributed by atoms with Gasteiger partial charge in [-0.1, -0.05) is 32.6 Å². The number of hydrogen-bond donors (Lipinski definition) is 1. The summed E-state index contributed by atoms with van der Waals surface area (Å²) >= 11 is 0. The van der Waals surface area contributed by atoms with Crippen molar-refractivity contribution in [3.63, 3.8) is 0 Å². The summed E-state index contributed by atoms with van der Waals surface area (Å²) in [6.45, 7) is 8.97. The Hall–Kier alpha value is -0.870. The van der Waals surface area contributed by atoms with Gasteiger partial charge >= 0.3 is 0 Å². The third kappa shape index (κ3) is 7.49. The lowest BCUT2D eigenvalue weighted by atomic mass is 10.4. The summed E-state index contributed by atoms with van der Waals surface area (Å²) in [5.41, 5.74) is 0. The van der Waals surface area contributed by atoms with Crippen LogP contribution in [0.5, 0.6) is 0 Å². The van der Waals surface area contributed by atoms with Crippen LogP contribution in [-0.4, -0.2) is 13.0 Å². The van der Waals surface area contributed by atoms with Crippen molar-refractivity contribution in [3.8, 4) is 0 Å². The Morgan fingerprint density at radius 2 is 1.85 bits per heavy atom. The molecule has 13 heavy (non-hydrogen) atoms. The third-order valence-electron chi connectivity index (χ3n) is 0.911. The summed E-state index contributed by atoms with van der Waals surface area (Å²) in [5.74, 6) is 0. The van der Waals surface area contributed by atoms with Crippen molar-refractivity contribution in [2.45, 2.75) is 20.8 Å². The summed E-state index contributed by atoms with van der Waals surface area (Å²) in [5, 5.41) is 0. The largest absolute Gasteiger partial charge is 0.294 e. The number of rotatable bonds is 3. The molecule has 0 heterocycles. The first-order valence-electron chi connectivity index (χ1n) is 3.95. The Morgan fingerprint density at radius 1 is 1.38 bits per heavy atom. The van der Waals surface area contributed by atoms with Crippen LogP contribution in [0.2, 0.25) is 0 Å². The Kier molecular flexibility index (Phi) is 8.74. The lowest BCUT2D eigenvalue weighted by Crippen LogP contribution is -1.98. The van der Waals surface area contributed by atoms with Crippen LogP contribution < -0.4 is 0 Å². The van der Waals surface area contributed by atoms with Gasteiger partial charge < -0.3 is 0 Å². The lowest BCUT2D eigenvalue weighted by Gasteiger charge is -1.93. The second-order valence-electron chi connectivity index (χ2n) is 1.78. The standard InChI is InChI=1S/C7H10O3S.C2H6/c1-3-5-7(6-4-2)11(8,9)10;1-2/h3-6H,1H2,2H3,(H,8,9,10);1-2H3/b6-4-,7-5+;. The van der Waals surface area contributed by atoms with E-state index in [9.17, 15) is 8.42 Å². The van der Waals surface area contributed by atoms with E-state index in [1.54, 1.807) is 6.92 Å². The molecule has 3 nitrogen and oxygen atoms in total. The highest BCUT2D eigenvalue weighted by Crippen LogP contribution is 2.05. The molecule has 0 fully saturated rings. The molecule has 0 saturated carbocycles. The van der Waals surface area contributed by atoms with Crippen LogP contribution in [0.3, 0.4) is 0 Å². The van der Waals surface area contributed by atoms with Crippen LogP contribution in [0.4, 0.5) is 0 Å². The quantitative estimate of drug-likeness (QED) is 0.567. The maximum atomic E-state index is 10.5. The molecule has 0 radical (unpaired) electrons. The molecule has 0 bridgehead atoms. The first-order chi connectivity index (χ1) is 6.02. The first-order valence-corrected chi connectivity index (χ1v) is 5.39. The highest BCUT2D eigenvalue weighted by atomic mass is 32.2. The van der Waals surface area contributed by atoms with E-state index in [0.29, 0.717) is 0 Å². The third-order valence-corrected chi connectivity index (χ3v) is 1.78. The van der Waals surface area contributed by atoms with Crippen LogP contribution in [0, 0.1) is 0 Å². The van der Waals surface area contributed by atoms with E-state index in [2.05, 4.69) is 6.58 Å². The average Bonchev–Trinajstić information content (AvgIpc) is 2.06. The Morgan fingerprint density at radius 3 is 2.08 bits per heavy atom. The lowest BCUT2D eigenvalue weighted by molar-refractivity contribution is 0.492. The maximum Gasteiger partial charge on any atom is 0.294 e. The van der Waals surface area contributed by atoms with E-state index in [0.717, 1.165) is 0 Å². The van der Waals surface area contributed by atoms with Gasteiger partial charge in [-0.25, -0.2) is 0 Å². The van der Waals surface area contributed by atoms with Crippen LogP contribution in [0.15, 0.2) is 35.8 Å². The van der Waals surface area contributed by atoms with E-state index in [1.807, 2.05) is 13.8 Å². The fourth-order valence-electron chi connectivity index (χ4n) is 0.508. The Labute approximate surface area is 80.2 Å². The van der Waals surface area contributed by atoms with Gasteiger partial charge in [0.1, 0.15) is 0 Å². The highest BCUT2D eigenvalue weighted by Gasteiger charge is 2.07. The predicted octanol–water partition coefficient (Wildman–Crippen LogP) is 2.55. The van der Waals surface area contributed by atoms with Gasteiger partial charge in [0.25, 0.3) is 10.1 Å². The minimum atomic E-state index is -4.09. The topological polar surface area (TPSA) is 54.4 Å². The van der Waals surface area contributed by atoms with Crippen LogP contribution in [0.25, 0.3) is 0 Å². The molecule has 0 aliphatic carbocycles. The molecule has 0 rings (SSSR count). The summed E-state index contributed by atoms with van der Waals surface area (Å²) in [4.78, 5) is -0.157. The molecule has 0 atom stereocenters. The molecule has 0 amide bonds. The molecule has 4 heteroatoms. The van der Waals surface area contributed by atoms with Gasteiger partial charge in [-0.05, 0) is 19.1 Å². The molecule has 0 unspecified atom stereocenters. The summed E-state index contributed by atoms with van der Waals surface area (Å²) in [6, 6.07) is 0. The van der Waals surface area contributed by atoms with E-state index in [1.165, 1.54) is 24.3 Å². The molecule has 76 valence electrons. The van der Waals surface area contributed by atoms with Gasteiger partial charge in [0.15, 0.2) is 0 Å². The molecular formula is C9H16O3S. The van der Waals surface area contributed by atoms with Crippen LogP contribution >= 0.6 is 0 Å². The SMILES string of the molecule is C=C/C=C(\C=C/C)S(=O)(=O)O.CC. The summed E-state index contributed by atoms with van der Waals surface area (Å²) in [6.07, 6.45) is 5.32. The van der Waals surface area contributed by atoms with Crippen molar-refractivity contribution in [1.29, 1.82) is 0 Å². The van der Waals surface area contributed by atoms with E-state index in [4.69, 9.17) is 4.55 Å². The normalized spacial score (nSPS) is 12.2. The molecule has 0 aliphatic heterocycles. The number of hydrogen-bond acceptors (Lipinski definition) is 2.